The molecule has 0 N–H and O–H groups in total. The van der Waals surface area contributed by atoms with E-state index in [9.17, 15) is 0 Å². The molecule has 0 unspecified atom stereocenters. The van der Waals surface area contributed by atoms with E-state index in [2.05, 4.69) is 75.7 Å². The summed E-state index contributed by atoms with van der Waals surface area (Å²) in [6, 6.07) is 0. The van der Waals surface area contributed by atoms with Crippen molar-refractivity contribution in [1.29, 1.82) is 0 Å². The highest BCUT2D eigenvalue weighted by molar-refractivity contribution is 7.10. The van der Waals surface area contributed by atoms with E-state index in [1.165, 1.54) is 15.6 Å². The number of hydrogen-bond donors (Lipinski definition) is 0. The molecule has 0 aliphatic carbocycles. The van der Waals surface area contributed by atoms with Crippen LogP contribution in [0.25, 0.3) is 0 Å². The molecule has 6 heteroatoms. The standard InChI is InChI=1S/2C7H11NS.C6H9NS/c1-7(2,3)6-4-9-5-8-6;1-7(2,3)6-4-8-5-9-6;1-5(2)6-7-3-4-8-6/h2*4-5H,1-3H3;3-5H,1-2H3. The summed E-state index contributed by atoms with van der Waals surface area (Å²) < 4.78 is 0. The molecule has 0 aliphatic rings. The molecule has 0 spiro atoms. The molecular weight excluding hydrogens is 378 g/mol. The fraction of sp³-hybridized carbons (Fsp3) is 0.550. The van der Waals surface area contributed by atoms with Crippen molar-refractivity contribution >= 4 is 34.0 Å². The van der Waals surface area contributed by atoms with Crippen molar-refractivity contribution in [3.05, 3.63) is 49.8 Å². The van der Waals surface area contributed by atoms with Gasteiger partial charge in [-0.3, -0.25) is 4.98 Å². The third-order valence-corrected chi connectivity index (χ3v) is 6.18. The zero-order chi connectivity index (χ0) is 19.8. The molecule has 3 heterocycles. The van der Waals surface area contributed by atoms with Gasteiger partial charge in [-0.25, -0.2) is 9.97 Å². The van der Waals surface area contributed by atoms with Gasteiger partial charge in [-0.2, -0.15) is 0 Å². The van der Waals surface area contributed by atoms with Gasteiger partial charge in [0.25, 0.3) is 0 Å². The molecule has 3 nitrogen and oxygen atoms in total. The molecule has 0 fully saturated rings. The van der Waals surface area contributed by atoms with Crippen LogP contribution in [0.3, 0.4) is 0 Å². The minimum atomic E-state index is 0.222. The Bertz CT molecular complexity index is 642. The maximum atomic E-state index is 4.21. The molecule has 3 rings (SSSR count). The smallest absolute Gasteiger partial charge is 0.0950 e. The van der Waals surface area contributed by atoms with Crippen LogP contribution in [0.2, 0.25) is 0 Å². The van der Waals surface area contributed by atoms with Crippen molar-refractivity contribution < 1.29 is 0 Å². The van der Waals surface area contributed by atoms with E-state index in [1.54, 1.807) is 34.0 Å². The van der Waals surface area contributed by atoms with E-state index in [0.717, 1.165) is 0 Å². The van der Waals surface area contributed by atoms with Gasteiger partial charge in [-0.05, 0) is 5.41 Å². The summed E-state index contributed by atoms with van der Waals surface area (Å²) in [6.45, 7) is 17.4. The lowest BCUT2D eigenvalue weighted by molar-refractivity contribution is 0.573. The molecule has 3 aromatic rings. The fourth-order valence-corrected chi connectivity index (χ4v) is 3.83. The molecular formula is C20H31N3S3. The quantitative estimate of drug-likeness (QED) is 0.428. The van der Waals surface area contributed by atoms with Crippen molar-refractivity contribution in [1.82, 2.24) is 15.0 Å². The lowest BCUT2D eigenvalue weighted by atomic mass is 9.93. The third kappa shape index (κ3) is 8.52. The van der Waals surface area contributed by atoms with Crippen LogP contribution in [0, 0.1) is 0 Å². The second-order valence-electron chi connectivity index (χ2n) is 8.26. The first kappa shape index (κ1) is 22.9. The van der Waals surface area contributed by atoms with E-state index in [-0.39, 0.29) is 10.8 Å². The summed E-state index contributed by atoms with van der Waals surface area (Å²) in [5.41, 5.74) is 5.44. The molecule has 0 saturated heterocycles. The highest BCUT2D eigenvalue weighted by Crippen LogP contribution is 2.24. The molecule has 0 radical (unpaired) electrons. The van der Waals surface area contributed by atoms with Crippen LogP contribution in [-0.2, 0) is 10.8 Å². The number of hydrogen-bond acceptors (Lipinski definition) is 6. The van der Waals surface area contributed by atoms with Gasteiger partial charge in [0.15, 0.2) is 0 Å². The molecule has 144 valence electrons. The Hall–Kier alpha value is -1.11. The normalized spacial score (nSPS) is 11.4. The second kappa shape index (κ2) is 10.3. The number of nitrogens with zero attached hydrogens (tertiary/aromatic N) is 3. The average Bonchev–Trinajstić information content (AvgIpc) is 3.28. The van der Waals surface area contributed by atoms with Gasteiger partial charge >= 0.3 is 0 Å². The van der Waals surface area contributed by atoms with Crippen LogP contribution in [0.1, 0.15) is 76.9 Å². The van der Waals surface area contributed by atoms with E-state index in [4.69, 9.17) is 0 Å². The Morgan fingerprint density at radius 2 is 1.58 bits per heavy atom. The summed E-state index contributed by atoms with van der Waals surface area (Å²) in [5, 5.41) is 5.33. The van der Waals surface area contributed by atoms with Crippen LogP contribution in [0.4, 0.5) is 0 Å². The van der Waals surface area contributed by atoms with Crippen molar-refractivity contribution in [2.75, 3.05) is 0 Å². The van der Waals surface area contributed by atoms with Crippen molar-refractivity contribution in [3.8, 4) is 0 Å². The summed E-state index contributed by atoms with van der Waals surface area (Å²) in [6.07, 6.45) is 3.78. The average molecular weight is 410 g/mol. The zero-order valence-electron chi connectivity index (χ0n) is 17.1. The summed E-state index contributed by atoms with van der Waals surface area (Å²) >= 11 is 5.09. The Labute approximate surface area is 170 Å². The van der Waals surface area contributed by atoms with Crippen LogP contribution in [0.15, 0.2) is 34.2 Å². The molecule has 0 aromatic carbocycles. The molecule has 3 aromatic heterocycles. The molecule has 26 heavy (non-hydrogen) atoms. The van der Waals surface area contributed by atoms with Gasteiger partial charge in [-0.15, -0.1) is 34.0 Å². The topological polar surface area (TPSA) is 38.7 Å². The SMILES string of the molecule is CC(C)(C)c1cncs1.CC(C)(C)c1cscn1.CC(C)c1nccs1. The number of rotatable bonds is 1. The summed E-state index contributed by atoms with van der Waals surface area (Å²) in [5.74, 6) is 0.593. The Morgan fingerprint density at radius 1 is 0.885 bits per heavy atom. The van der Waals surface area contributed by atoms with Crippen molar-refractivity contribution in [2.24, 2.45) is 0 Å². The first-order chi connectivity index (χ1) is 12.0. The van der Waals surface area contributed by atoms with Gasteiger partial charge in [0.2, 0.25) is 0 Å². The van der Waals surface area contributed by atoms with Crippen LogP contribution in [-0.4, -0.2) is 15.0 Å². The van der Waals surface area contributed by atoms with Gasteiger partial charge in [0, 0.05) is 39.4 Å². The van der Waals surface area contributed by atoms with Crippen LogP contribution < -0.4 is 0 Å². The number of aromatic nitrogens is 3. The first-order valence-corrected chi connectivity index (χ1v) is 11.4. The van der Waals surface area contributed by atoms with E-state index >= 15 is 0 Å². The van der Waals surface area contributed by atoms with Crippen molar-refractivity contribution in [2.45, 2.75) is 72.1 Å². The van der Waals surface area contributed by atoms with Crippen LogP contribution in [0.5, 0.6) is 0 Å². The Balaban J connectivity index is 0.000000195. The van der Waals surface area contributed by atoms with Gasteiger partial charge in [0.1, 0.15) is 0 Å². The second-order valence-corrected chi connectivity index (χ2v) is 10.8. The highest BCUT2D eigenvalue weighted by Gasteiger charge is 2.15. The molecule has 0 saturated carbocycles. The van der Waals surface area contributed by atoms with Gasteiger partial charge < -0.3 is 0 Å². The van der Waals surface area contributed by atoms with Crippen LogP contribution >= 0.6 is 34.0 Å². The van der Waals surface area contributed by atoms with E-state index in [0.29, 0.717) is 5.92 Å². The molecule has 0 amide bonds. The molecule has 0 aliphatic heterocycles. The monoisotopic (exact) mass is 409 g/mol. The zero-order valence-corrected chi connectivity index (χ0v) is 19.6. The minimum Gasteiger partial charge on any atom is -0.253 e. The molecule has 0 bridgehead atoms. The fourth-order valence-electron chi connectivity index (χ4n) is 1.69. The van der Waals surface area contributed by atoms with E-state index in [1.807, 2.05) is 28.8 Å². The lowest BCUT2D eigenvalue weighted by Crippen LogP contribution is -2.10. The maximum absolute atomic E-state index is 4.21. The van der Waals surface area contributed by atoms with E-state index < -0.39 is 0 Å². The number of thiazole rings is 3. The third-order valence-electron chi connectivity index (χ3n) is 3.32. The van der Waals surface area contributed by atoms with Gasteiger partial charge in [-0.1, -0.05) is 55.4 Å². The lowest BCUT2D eigenvalue weighted by Gasteiger charge is -2.13. The molecule has 0 atom stereocenters. The van der Waals surface area contributed by atoms with Gasteiger partial charge in [0.05, 0.1) is 21.7 Å². The largest absolute Gasteiger partial charge is 0.253 e. The Kier molecular flexibility index (Phi) is 9.07. The first-order valence-electron chi connectivity index (χ1n) is 8.69. The highest BCUT2D eigenvalue weighted by atomic mass is 32.1. The predicted molar refractivity (Wildman–Crippen MR) is 118 cm³/mol. The Morgan fingerprint density at radius 3 is 1.81 bits per heavy atom. The predicted octanol–water partition coefficient (Wildman–Crippen LogP) is 7.15. The summed E-state index contributed by atoms with van der Waals surface area (Å²) in [4.78, 5) is 13.7. The summed E-state index contributed by atoms with van der Waals surface area (Å²) in [7, 11) is 0. The maximum Gasteiger partial charge on any atom is 0.0950 e. The minimum absolute atomic E-state index is 0.222. The van der Waals surface area contributed by atoms with Crippen molar-refractivity contribution in [3.63, 3.8) is 0 Å².